The molecule has 0 N–H and O–H groups in total. The highest BCUT2D eigenvalue weighted by atomic mass is 16.2. The van der Waals surface area contributed by atoms with E-state index in [4.69, 9.17) is 0 Å². The summed E-state index contributed by atoms with van der Waals surface area (Å²) in [5, 5.41) is 0. The Morgan fingerprint density at radius 2 is 1.81 bits per heavy atom. The molecule has 1 atom stereocenters. The average Bonchev–Trinajstić information content (AvgIpc) is 3.45. The lowest BCUT2D eigenvalue weighted by atomic mass is 10.0. The van der Waals surface area contributed by atoms with Gasteiger partial charge in [0.2, 0.25) is 5.91 Å². The highest BCUT2D eigenvalue weighted by Crippen LogP contribution is 2.32. The molecule has 27 heavy (non-hydrogen) atoms. The second kappa shape index (κ2) is 7.32. The lowest BCUT2D eigenvalue weighted by Gasteiger charge is -2.35. The predicted molar refractivity (Wildman–Crippen MR) is 101 cm³/mol. The Hall–Kier alpha value is -2.38. The third-order valence-corrected chi connectivity index (χ3v) is 5.68. The molecule has 0 unspecified atom stereocenters. The maximum atomic E-state index is 13.1. The van der Waals surface area contributed by atoms with E-state index in [-0.39, 0.29) is 35.9 Å². The predicted octanol–water partition coefficient (Wildman–Crippen LogP) is 0.193. The smallest absolute Gasteiger partial charge is 0.331 e. The summed E-state index contributed by atoms with van der Waals surface area (Å²) in [7, 11) is 2.87. The van der Waals surface area contributed by atoms with Crippen molar-refractivity contribution in [1.29, 1.82) is 0 Å². The van der Waals surface area contributed by atoms with Gasteiger partial charge in [-0.25, -0.2) is 4.79 Å². The van der Waals surface area contributed by atoms with Crippen molar-refractivity contribution in [2.45, 2.75) is 39.2 Å². The van der Waals surface area contributed by atoms with Crippen LogP contribution in [0.25, 0.3) is 0 Å². The van der Waals surface area contributed by atoms with Gasteiger partial charge in [-0.2, -0.15) is 0 Å². The van der Waals surface area contributed by atoms with E-state index in [1.54, 1.807) is 4.90 Å². The maximum Gasteiger partial charge on any atom is 0.331 e. The normalized spacial score (nSPS) is 20.9. The van der Waals surface area contributed by atoms with Gasteiger partial charge in [-0.05, 0) is 24.7 Å². The minimum absolute atomic E-state index is 0.0619. The van der Waals surface area contributed by atoms with Crippen molar-refractivity contribution < 1.29 is 9.59 Å². The SMILES string of the molecule is CC(C)[C@H]1CN(C(=O)c2cc(=O)n(C)c(=O)n2C)CCC(=O)N1CC1CC1. The summed E-state index contributed by atoms with van der Waals surface area (Å²) >= 11 is 0. The zero-order valence-electron chi connectivity index (χ0n) is 16.5. The summed E-state index contributed by atoms with van der Waals surface area (Å²) in [6, 6.07) is 1.14. The molecule has 1 aliphatic carbocycles. The molecule has 3 rings (SSSR count). The number of hydrogen-bond acceptors (Lipinski definition) is 4. The van der Waals surface area contributed by atoms with Crippen LogP contribution in [0.2, 0.25) is 0 Å². The first-order valence-electron chi connectivity index (χ1n) is 9.56. The third-order valence-electron chi connectivity index (χ3n) is 5.68. The summed E-state index contributed by atoms with van der Waals surface area (Å²) in [6.45, 7) is 5.58. The van der Waals surface area contributed by atoms with Gasteiger partial charge in [0.05, 0.1) is 6.04 Å². The maximum absolute atomic E-state index is 13.1. The fourth-order valence-electron chi connectivity index (χ4n) is 3.65. The molecule has 1 aromatic heterocycles. The van der Waals surface area contributed by atoms with E-state index in [2.05, 4.69) is 13.8 Å². The Bertz CT molecular complexity index is 865. The van der Waals surface area contributed by atoms with Crippen molar-refractivity contribution in [3.63, 3.8) is 0 Å². The molecule has 1 aromatic rings. The fraction of sp³-hybridized carbons (Fsp3) is 0.684. The van der Waals surface area contributed by atoms with Crippen molar-refractivity contribution in [2.24, 2.45) is 25.9 Å². The second-order valence-electron chi connectivity index (χ2n) is 8.07. The molecule has 2 heterocycles. The molecule has 0 bridgehead atoms. The van der Waals surface area contributed by atoms with Crippen molar-refractivity contribution in [3.05, 3.63) is 32.6 Å². The van der Waals surface area contributed by atoms with Crippen LogP contribution in [0.1, 0.15) is 43.6 Å². The second-order valence-corrected chi connectivity index (χ2v) is 8.07. The van der Waals surface area contributed by atoms with E-state index in [1.807, 2.05) is 4.90 Å². The molecule has 2 fully saturated rings. The van der Waals surface area contributed by atoms with Gasteiger partial charge in [0.15, 0.2) is 0 Å². The summed E-state index contributed by atoms with van der Waals surface area (Å²) in [4.78, 5) is 53.5. The number of carbonyl (C=O) groups excluding carboxylic acids is 2. The molecule has 2 aliphatic rings. The van der Waals surface area contributed by atoms with Gasteiger partial charge in [-0.15, -0.1) is 0 Å². The molecule has 148 valence electrons. The first-order chi connectivity index (χ1) is 12.7. The number of carbonyl (C=O) groups is 2. The minimum atomic E-state index is -0.535. The number of nitrogens with zero attached hydrogens (tertiary/aromatic N) is 4. The monoisotopic (exact) mass is 376 g/mol. The van der Waals surface area contributed by atoms with Crippen LogP contribution in [-0.4, -0.2) is 56.4 Å². The Morgan fingerprint density at radius 3 is 2.41 bits per heavy atom. The Morgan fingerprint density at radius 1 is 1.15 bits per heavy atom. The highest BCUT2D eigenvalue weighted by Gasteiger charge is 2.37. The lowest BCUT2D eigenvalue weighted by Crippen LogP contribution is -2.49. The molecular weight excluding hydrogens is 348 g/mol. The van der Waals surface area contributed by atoms with Gasteiger partial charge < -0.3 is 9.80 Å². The molecule has 0 radical (unpaired) electrons. The number of rotatable bonds is 4. The molecule has 8 nitrogen and oxygen atoms in total. The zero-order chi connectivity index (χ0) is 19.9. The van der Waals surface area contributed by atoms with Crippen molar-refractivity contribution >= 4 is 11.8 Å². The van der Waals surface area contributed by atoms with Gasteiger partial charge in [-0.1, -0.05) is 13.8 Å². The largest absolute Gasteiger partial charge is 0.337 e. The molecule has 8 heteroatoms. The van der Waals surface area contributed by atoms with E-state index in [1.165, 1.54) is 24.7 Å². The van der Waals surface area contributed by atoms with Gasteiger partial charge in [-0.3, -0.25) is 23.5 Å². The number of amides is 2. The van der Waals surface area contributed by atoms with Crippen LogP contribution in [0.15, 0.2) is 15.7 Å². The molecule has 1 saturated heterocycles. The lowest BCUT2D eigenvalue weighted by molar-refractivity contribution is -0.133. The summed E-state index contributed by atoms with van der Waals surface area (Å²) in [6.07, 6.45) is 2.58. The fourth-order valence-corrected chi connectivity index (χ4v) is 3.65. The van der Waals surface area contributed by atoms with Gasteiger partial charge >= 0.3 is 5.69 Å². The molecule has 1 saturated carbocycles. The van der Waals surface area contributed by atoms with E-state index in [0.29, 0.717) is 19.0 Å². The van der Waals surface area contributed by atoms with E-state index in [0.717, 1.165) is 24.0 Å². The standard InChI is InChI=1S/C19H28N4O4/c1-12(2)15-11-22(8-7-16(24)23(15)10-13-5-6-13)18(26)14-9-17(25)21(4)19(27)20(14)3/h9,12-13,15H,5-8,10-11H2,1-4H3/t15-/m1/s1. The van der Waals surface area contributed by atoms with E-state index in [9.17, 15) is 19.2 Å². The first-order valence-corrected chi connectivity index (χ1v) is 9.56. The quantitative estimate of drug-likeness (QED) is 0.751. The Kier molecular flexibility index (Phi) is 5.26. The van der Waals surface area contributed by atoms with Crippen molar-refractivity contribution in [3.8, 4) is 0 Å². The summed E-state index contributed by atoms with van der Waals surface area (Å²) in [5.74, 6) is 0.483. The highest BCUT2D eigenvalue weighted by molar-refractivity contribution is 5.93. The van der Waals surface area contributed by atoms with Gasteiger partial charge in [0, 0.05) is 46.2 Å². The van der Waals surface area contributed by atoms with Crippen molar-refractivity contribution in [2.75, 3.05) is 19.6 Å². The van der Waals surface area contributed by atoms with Crippen molar-refractivity contribution in [1.82, 2.24) is 18.9 Å². The van der Waals surface area contributed by atoms with Crippen LogP contribution in [0, 0.1) is 11.8 Å². The summed E-state index contributed by atoms with van der Waals surface area (Å²) < 4.78 is 2.17. The average molecular weight is 376 g/mol. The Labute approximate surface area is 158 Å². The van der Waals surface area contributed by atoms with E-state index < -0.39 is 11.2 Å². The van der Waals surface area contributed by atoms with Crippen LogP contribution in [0.4, 0.5) is 0 Å². The molecule has 1 aliphatic heterocycles. The summed E-state index contributed by atoms with van der Waals surface area (Å²) in [5.41, 5.74) is -0.982. The molecule has 2 amide bonds. The topological polar surface area (TPSA) is 84.6 Å². The molecule has 0 aromatic carbocycles. The van der Waals surface area contributed by atoms with Crippen LogP contribution in [0.5, 0.6) is 0 Å². The number of hydrogen-bond donors (Lipinski definition) is 0. The number of aromatic nitrogens is 2. The molecular formula is C19H28N4O4. The van der Waals surface area contributed by atoms with Crippen LogP contribution in [-0.2, 0) is 18.9 Å². The third kappa shape index (κ3) is 3.84. The Balaban J connectivity index is 1.90. The molecule has 0 spiro atoms. The van der Waals surface area contributed by atoms with E-state index >= 15 is 0 Å². The van der Waals surface area contributed by atoms with Crippen LogP contribution < -0.4 is 11.2 Å². The van der Waals surface area contributed by atoms with Crippen LogP contribution >= 0.6 is 0 Å². The first kappa shape index (κ1) is 19.4. The zero-order valence-corrected chi connectivity index (χ0v) is 16.5. The van der Waals surface area contributed by atoms with Gasteiger partial charge in [0.25, 0.3) is 11.5 Å². The minimum Gasteiger partial charge on any atom is -0.337 e. The van der Waals surface area contributed by atoms with Gasteiger partial charge in [0.1, 0.15) is 5.69 Å². The van der Waals surface area contributed by atoms with Crippen LogP contribution in [0.3, 0.4) is 0 Å².